The van der Waals surface area contributed by atoms with Gasteiger partial charge in [-0.15, -0.1) is 0 Å². The number of carbonyl (C=O) groups excluding carboxylic acids is 1. The summed E-state index contributed by atoms with van der Waals surface area (Å²) in [6, 6.07) is 0. The normalized spacial score (nSPS) is 29.1. The molecule has 2 aliphatic rings. The predicted molar refractivity (Wildman–Crippen MR) is 79.0 cm³/mol. The van der Waals surface area contributed by atoms with Crippen molar-refractivity contribution in [2.24, 2.45) is 17.8 Å². The third-order valence-electron chi connectivity index (χ3n) is 4.36. The Bertz CT molecular complexity index is 402. The van der Waals surface area contributed by atoms with Gasteiger partial charge in [0.2, 0.25) is 0 Å². The Morgan fingerprint density at radius 2 is 2.00 bits per heavy atom. The molecular formula is C16H27NO4. The first-order valence-electron chi connectivity index (χ1n) is 7.97. The summed E-state index contributed by atoms with van der Waals surface area (Å²) in [5, 5.41) is 8.91. The van der Waals surface area contributed by atoms with Crippen LogP contribution in [0.25, 0.3) is 0 Å². The Labute approximate surface area is 126 Å². The van der Waals surface area contributed by atoms with E-state index in [-0.39, 0.29) is 12.0 Å². The molecule has 2 rings (SSSR count). The van der Waals surface area contributed by atoms with Crippen LogP contribution in [-0.2, 0) is 9.53 Å². The average molecular weight is 297 g/mol. The Hall–Kier alpha value is -1.26. The lowest BCUT2D eigenvalue weighted by atomic mass is 9.92. The third-order valence-corrected chi connectivity index (χ3v) is 4.36. The summed E-state index contributed by atoms with van der Waals surface area (Å²) < 4.78 is 5.42. The molecule has 1 saturated carbocycles. The van der Waals surface area contributed by atoms with E-state index in [1.165, 1.54) is 0 Å². The maximum absolute atomic E-state index is 12.1. The van der Waals surface area contributed by atoms with Crippen molar-refractivity contribution in [2.75, 3.05) is 13.1 Å². The van der Waals surface area contributed by atoms with Crippen LogP contribution < -0.4 is 0 Å². The highest BCUT2D eigenvalue weighted by molar-refractivity contribution is 5.73. The lowest BCUT2D eigenvalue weighted by Gasteiger charge is -2.34. The molecule has 0 bridgehead atoms. The zero-order chi connectivity index (χ0) is 15.6. The largest absolute Gasteiger partial charge is 0.481 e. The number of carbonyl (C=O) groups is 2. The number of aliphatic carboxylic acids is 1. The van der Waals surface area contributed by atoms with E-state index in [9.17, 15) is 9.59 Å². The van der Waals surface area contributed by atoms with Crippen LogP contribution in [0.4, 0.5) is 4.79 Å². The summed E-state index contributed by atoms with van der Waals surface area (Å²) in [5.74, 6) is 0.0790. The smallest absolute Gasteiger partial charge is 0.410 e. The number of ether oxygens (including phenoxy) is 1. The summed E-state index contributed by atoms with van der Waals surface area (Å²) >= 11 is 0. The highest BCUT2D eigenvalue weighted by Crippen LogP contribution is 2.43. The summed E-state index contributed by atoms with van der Waals surface area (Å²) in [7, 11) is 0. The van der Waals surface area contributed by atoms with Crippen molar-refractivity contribution in [1.29, 1.82) is 0 Å². The van der Waals surface area contributed by atoms with E-state index >= 15 is 0 Å². The van der Waals surface area contributed by atoms with E-state index < -0.39 is 11.6 Å². The minimum Gasteiger partial charge on any atom is -0.481 e. The van der Waals surface area contributed by atoms with Gasteiger partial charge in [-0.1, -0.05) is 0 Å². The second-order valence-electron chi connectivity index (χ2n) is 7.45. The van der Waals surface area contributed by atoms with Gasteiger partial charge in [-0.05, 0) is 64.7 Å². The van der Waals surface area contributed by atoms with Gasteiger partial charge in [0.05, 0.1) is 5.92 Å². The van der Waals surface area contributed by atoms with Crippen molar-refractivity contribution in [2.45, 2.75) is 58.5 Å². The van der Waals surface area contributed by atoms with Gasteiger partial charge in [-0.3, -0.25) is 4.79 Å². The number of carboxylic acid groups (broad SMARTS) is 1. The molecule has 1 saturated heterocycles. The molecular weight excluding hydrogens is 270 g/mol. The fourth-order valence-electron chi connectivity index (χ4n) is 3.11. The summed E-state index contributed by atoms with van der Waals surface area (Å²) in [5.41, 5.74) is -0.452. The van der Waals surface area contributed by atoms with Gasteiger partial charge in [0.25, 0.3) is 0 Å². The van der Waals surface area contributed by atoms with Crippen LogP contribution >= 0.6 is 0 Å². The van der Waals surface area contributed by atoms with Gasteiger partial charge in [-0.2, -0.15) is 0 Å². The Kier molecular flexibility index (Phi) is 4.79. The molecule has 120 valence electrons. The van der Waals surface area contributed by atoms with Crippen molar-refractivity contribution in [1.82, 2.24) is 4.90 Å². The topological polar surface area (TPSA) is 66.8 Å². The quantitative estimate of drug-likeness (QED) is 0.865. The Balaban J connectivity index is 1.73. The summed E-state index contributed by atoms with van der Waals surface area (Å²) in [6.45, 7) is 7.16. The van der Waals surface area contributed by atoms with E-state index in [1.54, 1.807) is 4.90 Å². The molecule has 2 fully saturated rings. The van der Waals surface area contributed by atoms with E-state index in [2.05, 4.69) is 0 Å². The summed E-state index contributed by atoms with van der Waals surface area (Å²) in [4.78, 5) is 24.7. The van der Waals surface area contributed by atoms with Gasteiger partial charge in [0, 0.05) is 13.1 Å². The number of rotatable bonds is 4. The van der Waals surface area contributed by atoms with Gasteiger partial charge in [-0.25, -0.2) is 4.79 Å². The molecule has 1 amide bonds. The van der Waals surface area contributed by atoms with Crippen LogP contribution in [-0.4, -0.2) is 40.8 Å². The van der Waals surface area contributed by atoms with E-state index in [1.807, 2.05) is 20.8 Å². The molecule has 0 aromatic heterocycles. The van der Waals surface area contributed by atoms with Crippen LogP contribution in [0.3, 0.4) is 0 Å². The zero-order valence-electron chi connectivity index (χ0n) is 13.3. The lowest BCUT2D eigenvalue weighted by Crippen LogP contribution is -2.42. The van der Waals surface area contributed by atoms with Gasteiger partial charge in [0.1, 0.15) is 5.60 Å². The highest BCUT2D eigenvalue weighted by atomic mass is 16.6. The van der Waals surface area contributed by atoms with Crippen molar-refractivity contribution in [3.63, 3.8) is 0 Å². The monoisotopic (exact) mass is 297 g/mol. The van der Waals surface area contributed by atoms with Gasteiger partial charge in [0.15, 0.2) is 0 Å². The molecule has 0 spiro atoms. The number of nitrogens with zero attached hydrogens (tertiary/aromatic N) is 1. The second kappa shape index (κ2) is 6.24. The Morgan fingerprint density at radius 3 is 2.57 bits per heavy atom. The fraction of sp³-hybridized carbons (Fsp3) is 0.875. The highest BCUT2D eigenvalue weighted by Gasteiger charge is 2.42. The zero-order valence-corrected chi connectivity index (χ0v) is 13.3. The molecule has 5 heteroatoms. The Morgan fingerprint density at radius 1 is 1.29 bits per heavy atom. The minimum absolute atomic E-state index is 0.115. The first-order valence-corrected chi connectivity index (χ1v) is 7.97. The summed E-state index contributed by atoms with van der Waals surface area (Å²) in [6.07, 6.45) is 4.75. The number of likely N-dealkylation sites (tertiary alicyclic amines) is 1. The van der Waals surface area contributed by atoms with Gasteiger partial charge >= 0.3 is 12.1 Å². The molecule has 1 aliphatic carbocycles. The molecule has 1 unspecified atom stereocenters. The number of amides is 1. The van der Waals surface area contributed by atoms with Crippen molar-refractivity contribution in [3.05, 3.63) is 0 Å². The molecule has 0 aromatic carbocycles. The van der Waals surface area contributed by atoms with Crippen LogP contribution in [0.5, 0.6) is 0 Å². The first-order chi connectivity index (χ1) is 9.76. The molecule has 3 atom stereocenters. The van der Waals surface area contributed by atoms with Crippen molar-refractivity contribution in [3.8, 4) is 0 Å². The average Bonchev–Trinajstić information content (AvgIpc) is 3.14. The fourth-order valence-corrected chi connectivity index (χ4v) is 3.11. The molecule has 1 heterocycles. The van der Waals surface area contributed by atoms with Crippen molar-refractivity contribution >= 4 is 12.1 Å². The number of piperidine rings is 1. The molecule has 21 heavy (non-hydrogen) atoms. The van der Waals surface area contributed by atoms with Crippen LogP contribution in [0.1, 0.15) is 52.9 Å². The van der Waals surface area contributed by atoms with Gasteiger partial charge < -0.3 is 14.7 Å². The number of hydrogen-bond donors (Lipinski definition) is 1. The van der Waals surface area contributed by atoms with Crippen LogP contribution in [0.15, 0.2) is 0 Å². The standard InChI is InChI=1S/C16H27NO4/c1-16(2,3)21-15(20)17-8-4-5-11(10-17)6-7-12-9-13(12)14(18)19/h11-13H,4-10H2,1-3H3,(H,18,19)/t11?,12-,13-/m1/s1. The lowest BCUT2D eigenvalue weighted by molar-refractivity contribution is -0.138. The van der Waals surface area contributed by atoms with Crippen LogP contribution in [0, 0.1) is 17.8 Å². The minimum atomic E-state index is -0.654. The first kappa shape index (κ1) is 16.1. The molecule has 0 radical (unpaired) electrons. The number of carboxylic acids is 1. The molecule has 1 aliphatic heterocycles. The van der Waals surface area contributed by atoms with E-state index in [0.717, 1.165) is 45.2 Å². The number of hydrogen-bond acceptors (Lipinski definition) is 3. The third kappa shape index (κ3) is 4.90. The van der Waals surface area contributed by atoms with Crippen molar-refractivity contribution < 1.29 is 19.4 Å². The van der Waals surface area contributed by atoms with E-state index in [4.69, 9.17) is 9.84 Å². The maximum Gasteiger partial charge on any atom is 0.410 e. The SMILES string of the molecule is CC(C)(C)OC(=O)N1CCCC(CC[C@@H]2C[C@H]2C(=O)O)C1. The van der Waals surface area contributed by atoms with Crippen LogP contribution in [0.2, 0.25) is 0 Å². The van der Waals surface area contributed by atoms with E-state index in [0.29, 0.717) is 11.8 Å². The molecule has 0 aromatic rings. The molecule has 5 nitrogen and oxygen atoms in total. The second-order valence-corrected chi connectivity index (χ2v) is 7.45. The predicted octanol–water partition coefficient (Wildman–Crippen LogP) is 3.13. The maximum atomic E-state index is 12.1. The molecule has 1 N–H and O–H groups in total.